The number of carboxylic acids is 1. The van der Waals surface area contributed by atoms with Crippen LogP contribution in [-0.2, 0) is 0 Å². The highest BCUT2D eigenvalue weighted by Crippen LogP contribution is 2.29. The molecule has 4 N–H and O–H groups in total. The van der Waals surface area contributed by atoms with Gasteiger partial charge in [-0.3, -0.25) is 0 Å². The number of hydrogen-bond donors (Lipinski definition) is 3. The second-order valence-electron chi connectivity index (χ2n) is 5.61. The molecule has 0 unspecified atom stereocenters. The van der Waals surface area contributed by atoms with E-state index in [9.17, 15) is 4.79 Å². The summed E-state index contributed by atoms with van der Waals surface area (Å²) in [4.78, 5) is 10.8. The normalized spacial score (nSPS) is 23.0. The fraction of sp³-hybridized carbons (Fsp3) is 0.533. The summed E-state index contributed by atoms with van der Waals surface area (Å²) in [5, 5.41) is 12.2. The van der Waals surface area contributed by atoms with Gasteiger partial charge in [0, 0.05) is 6.54 Å². The number of hydrogen-bond acceptors (Lipinski definition) is 3. The van der Waals surface area contributed by atoms with Gasteiger partial charge in [0.15, 0.2) is 0 Å². The van der Waals surface area contributed by atoms with Crippen molar-refractivity contribution >= 4 is 17.3 Å². The van der Waals surface area contributed by atoms with Crippen molar-refractivity contribution in [3.63, 3.8) is 0 Å². The molecule has 0 heterocycles. The number of nitrogens with two attached hydrogens (primary N) is 1. The van der Waals surface area contributed by atoms with Crippen LogP contribution < -0.4 is 11.1 Å². The minimum Gasteiger partial charge on any atom is -0.478 e. The van der Waals surface area contributed by atoms with Gasteiger partial charge in [0.05, 0.1) is 16.9 Å². The zero-order valence-corrected chi connectivity index (χ0v) is 11.4. The molecule has 0 aliphatic heterocycles. The van der Waals surface area contributed by atoms with Crippen LogP contribution in [0.3, 0.4) is 0 Å². The highest BCUT2D eigenvalue weighted by molar-refractivity contribution is 5.90. The molecule has 1 fully saturated rings. The first-order valence-electron chi connectivity index (χ1n) is 6.93. The molecule has 0 atom stereocenters. The number of nitrogen functional groups attached to an aromatic ring is 1. The van der Waals surface area contributed by atoms with Crippen LogP contribution in [0.1, 0.15) is 43.0 Å². The SMILES string of the molecule is CC1CCC(CNc2ccc(C(=O)O)cc2N)CC1. The summed E-state index contributed by atoms with van der Waals surface area (Å²) in [6, 6.07) is 4.85. The second kappa shape index (κ2) is 5.95. The van der Waals surface area contributed by atoms with E-state index >= 15 is 0 Å². The van der Waals surface area contributed by atoms with Crippen molar-refractivity contribution in [1.82, 2.24) is 0 Å². The number of rotatable bonds is 4. The van der Waals surface area contributed by atoms with Gasteiger partial charge in [-0.15, -0.1) is 0 Å². The Morgan fingerprint density at radius 1 is 1.37 bits per heavy atom. The Hall–Kier alpha value is -1.71. The standard InChI is InChI=1S/C15H22N2O2/c1-10-2-4-11(5-3-10)9-17-14-7-6-12(15(18)19)8-13(14)16/h6-8,10-11,17H,2-5,9,16H2,1H3,(H,18,19). The molecule has 0 amide bonds. The molecular weight excluding hydrogens is 240 g/mol. The lowest BCUT2D eigenvalue weighted by molar-refractivity contribution is 0.0697. The molecular formula is C15H22N2O2. The minimum atomic E-state index is -0.945. The maximum atomic E-state index is 10.8. The van der Waals surface area contributed by atoms with E-state index in [1.807, 2.05) is 0 Å². The number of aromatic carboxylic acids is 1. The second-order valence-corrected chi connectivity index (χ2v) is 5.61. The van der Waals surface area contributed by atoms with Gasteiger partial charge in [0.25, 0.3) is 0 Å². The average Bonchev–Trinajstić information content (AvgIpc) is 2.39. The number of carbonyl (C=O) groups is 1. The van der Waals surface area contributed by atoms with Crippen LogP contribution in [0.5, 0.6) is 0 Å². The first-order valence-corrected chi connectivity index (χ1v) is 6.93. The Labute approximate surface area is 114 Å². The molecule has 0 radical (unpaired) electrons. The Morgan fingerprint density at radius 2 is 2.05 bits per heavy atom. The van der Waals surface area contributed by atoms with E-state index in [0.29, 0.717) is 11.6 Å². The molecule has 1 aromatic rings. The van der Waals surface area contributed by atoms with Crippen LogP contribution in [0.25, 0.3) is 0 Å². The minimum absolute atomic E-state index is 0.231. The Morgan fingerprint density at radius 3 is 2.63 bits per heavy atom. The first-order chi connectivity index (χ1) is 9.06. The third-order valence-electron chi connectivity index (χ3n) is 4.02. The van der Waals surface area contributed by atoms with Crippen LogP contribution in [0.2, 0.25) is 0 Å². The Balaban J connectivity index is 1.91. The van der Waals surface area contributed by atoms with Crippen LogP contribution in [0.15, 0.2) is 18.2 Å². The maximum Gasteiger partial charge on any atom is 0.335 e. The topological polar surface area (TPSA) is 75.3 Å². The predicted molar refractivity (Wildman–Crippen MR) is 77.4 cm³/mol. The summed E-state index contributed by atoms with van der Waals surface area (Å²) >= 11 is 0. The summed E-state index contributed by atoms with van der Waals surface area (Å²) in [5.41, 5.74) is 7.44. The van der Waals surface area contributed by atoms with E-state index in [2.05, 4.69) is 12.2 Å². The molecule has 1 saturated carbocycles. The molecule has 1 aromatic carbocycles. The van der Waals surface area contributed by atoms with Crippen molar-refractivity contribution in [2.75, 3.05) is 17.6 Å². The largest absolute Gasteiger partial charge is 0.478 e. The van der Waals surface area contributed by atoms with E-state index in [1.54, 1.807) is 12.1 Å². The van der Waals surface area contributed by atoms with Crippen LogP contribution in [-0.4, -0.2) is 17.6 Å². The average molecular weight is 262 g/mol. The van der Waals surface area contributed by atoms with E-state index in [0.717, 1.165) is 18.2 Å². The molecule has 1 aliphatic carbocycles. The lowest BCUT2D eigenvalue weighted by Gasteiger charge is -2.26. The molecule has 0 saturated heterocycles. The van der Waals surface area contributed by atoms with E-state index < -0.39 is 5.97 Å². The zero-order chi connectivity index (χ0) is 13.8. The first kappa shape index (κ1) is 13.7. The molecule has 1 aliphatic rings. The third-order valence-corrected chi connectivity index (χ3v) is 4.02. The van der Waals surface area contributed by atoms with Gasteiger partial charge in [-0.2, -0.15) is 0 Å². The molecule has 4 heteroatoms. The third kappa shape index (κ3) is 3.63. The van der Waals surface area contributed by atoms with Crippen LogP contribution >= 0.6 is 0 Å². The number of nitrogens with one attached hydrogen (secondary N) is 1. The molecule has 4 nitrogen and oxygen atoms in total. The van der Waals surface area contributed by atoms with Gasteiger partial charge in [0.1, 0.15) is 0 Å². The molecule has 0 aromatic heterocycles. The summed E-state index contributed by atoms with van der Waals surface area (Å²) < 4.78 is 0. The van der Waals surface area contributed by atoms with E-state index in [1.165, 1.54) is 31.7 Å². The molecule has 2 rings (SSSR count). The molecule has 19 heavy (non-hydrogen) atoms. The smallest absolute Gasteiger partial charge is 0.335 e. The number of carboxylic acid groups (broad SMARTS) is 1. The summed E-state index contributed by atoms with van der Waals surface area (Å²) in [5.74, 6) is 0.616. The van der Waals surface area contributed by atoms with Gasteiger partial charge in [-0.05, 0) is 42.9 Å². The summed E-state index contributed by atoms with van der Waals surface area (Å²) in [6.45, 7) is 3.23. The van der Waals surface area contributed by atoms with Crippen molar-refractivity contribution < 1.29 is 9.90 Å². The number of benzene rings is 1. The number of anilines is 2. The fourth-order valence-electron chi connectivity index (χ4n) is 2.64. The van der Waals surface area contributed by atoms with E-state index in [4.69, 9.17) is 10.8 Å². The lowest BCUT2D eigenvalue weighted by atomic mass is 9.83. The van der Waals surface area contributed by atoms with Crippen molar-refractivity contribution in [3.8, 4) is 0 Å². The van der Waals surface area contributed by atoms with Gasteiger partial charge in [-0.1, -0.05) is 19.8 Å². The van der Waals surface area contributed by atoms with Gasteiger partial charge < -0.3 is 16.2 Å². The van der Waals surface area contributed by atoms with Crippen LogP contribution in [0.4, 0.5) is 11.4 Å². The predicted octanol–water partition coefficient (Wildman–Crippen LogP) is 3.21. The van der Waals surface area contributed by atoms with Crippen molar-refractivity contribution in [2.24, 2.45) is 11.8 Å². The van der Waals surface area contributed by atoms with Gasteiger partial charge >= 0.3 is 5.97 Å². The Kier molecular flexibility index (Phi) is 4.30. The molecule has 104 valence electrons. The van der Waals surface area contributed by atoms with Gasteiger partial charge in [-0.25, -0.2) is 4.79 Å². The van der Waals surface area contributed by atoms with Crippen LogP contribution in [0, 0.1) is 11.8 Å². The van der Waals surface area contributed by atoms with Crippen molar-refractivity contribution in [1.29, 1.82) is 0 Å². The molecule has 0 bridgehead atoms. The maximum absolute atomic E-state index is 10.8. The fourth-order valence-corrected chi connectivity index (χ4v) is 2.64. The molecule has 0 spiro atoms. The summed E-state index contributed by atoms with van der Waals surface area (Å²) in [6.07, 6.45) is 5.14. The van der Waals surface area contributed by atoms with Gasteiger partial charge in [0.2, 0.25) is 0 Å². The Bertz CT molecular complexity index is 451. The lowest BCUT2D eigenvalue weighted by Crippen LogP contribution is -2.20. The van der Waals surface area contributed by atoms with Crippen molar-refractivity contribution in [2.45, 2.75) is 32.6 Å². The zero-order valence-electron chi connectivity index (χ0n) is 11.4. The quantitative estimate of drug-likeness (QED) is 0.728. The van der Waals surface area contributed by atoms with Crippen molar-refractivity contribution in [3.05, 3.63) is 23.8 Å². The van der Waals surface area contributed by atoms with E-state index in [-0.39, 0.29) is 5.56 Å². The summed E-state index contributed by atoms with van der Waals surface area (Å²) in [7, 11) is 0. The monoisotopic (exact) mass is 262 g/mol. The highest BCUT2D eigenvalue weighted by atomic mass is 16.4. The highest BCUT2D eigenvalue weighted by Gasteiger charge is 2.18.